The quantitative estimate of drug-likeness (QED) is 0.239. The van der Waals surface area contributed by atoms with Gasteiger partial charge in [0.1, 0.15) is 0 Å². The summed E-state index contributed by atoms with van der Waals surface area (Å²) in [7, 11) is 0. The van der Waals surface area contributed by atoms with Crippen LogP contribution in [0.2, 0.25) is 0 Å². The molecule has 228 valence electrons. The van der Waals surface area contributed by atoms with Crippen LogP contribution in [0.5, 0.6) is 0 Å². The minimum Gasteiger partial charge on any atom is -0.298 e. The van der Waals surface area contributed by atoms with E-state index in [4.69, 9.17) is 0 Å². The molecule has 0 spiro atoms. The molecule has 0 aliphatic heterocycles. The van der Waals surface area contributed by atoms with Crippen LogP contribution in [0.3, 0.4) is 0 Å². The van der Waals surface area contributed by atoms with Gasteiger partial charge in [0, 0.05) is 18.6 Å². The maximum atomic E-state index is 14.9. The summed E-state index contributed by atoms with van der Waals surface area (Å²) in [5.41, 5.74) is -2.41. The second-order valence-corrected chi connectivity index (χ2v) is 12.6. The van der Waals surface area contributed by atoms with Gasteiger partial charge in [-0.3, -0.25) is 4.90 Å². The fourth-order valence-corrected chi connectivity index (χ4v) is 7.80. The highest BCUT2D eigenvalue weighted by atomic mass is 19.4. The van der Waals surface area contributed by atoms with Gasteiger partial charge in [0.25, 0.3) is 0 Å². The van der Waals surface area contributed by atoms with E-state index in [1.165, 1.54) is 23.8 Å². The summed E-state index contributed by atoms with van der Waals surface area (Å²) in [6.07, 6.45) is -5.15. The molecule has 0 N–H and O–H groups in total. The van der Waals surface area contributed by atoms with Gasteiger partial charge in [-0.15, -0.1) is 0 Å². The summed E-state index contributed by atoms with van der Waals surface area (Å²) in [4.78, 5) is 2.37. The third-order valence-corrected chi connectivity index (χ3v) is 10.0. The first kappa shape index (κ1) is 31.9. The number of hydrogen-bond acceptors (Lipinski definition) is 1. The number of halogens is 6. The van der Waals surface area contributed by atoms with E-state index in [0.29, 0.717) is 37.7 Å². The van der Waals surface area contributed by atoms with E-state index in [1.807, 2.05) is 18.2 Å². The Balaban J connectivity index is 1.75. The number of hydrogen-bond donors (Lipinski definition) is 0. The molecule has 1 unspecified atom stereocenters. The van der Waals surface area contributed by atoms with Crippen molar-refractivity contribution in [3.05, 3.63) is 70.8 Å². The minimum atomic E-state index is -4.51. The van der Waals surface area contributed by atoms with Gasteiger partial charge >= 0.3 is 12.4 Å². The van der Waals surface area contributed by atoms with Crippen molar-refractivity contribution >= 4 is 0 Å². The van der Waals surface area contributed by atoms with Crippen LogP contribution in [-0.4, -0.2) is 35.9 Å². The van der Waals surface area contributed by atoms with Gasteiger partial charge in [0.15, 0.2) is 0 Å². The summed E-state index contributed by atoms with van der Waals surface area (Å²) in [6, 6.07) is 14.8. The Bertz CT molecular complexity index is 1060. The molecular formula is C34H45F6N. The Labute approximate surface area is 241 Å². The lowest BCUT2D eigenvalue weighted by atomic mass is 9.68. The largest absolute Gasteiger partial charge is 0.398 e. The smallest absolute Gasteiger partial charge is 0.298 e. The molecule has 2 aliphatic rings. The van der Waals surface area contributed by atoms with Crippen LogP contribution in [-0.2, 0) is 23.7 Å². The van der Waals surface area contributed by atoms with Gasteiger partial charge in [-0.2, -0.15) is 26.3 Å². The van der Waals surface area contributed by atoms with E-state index in [2.05, 4.69) is 37.8 Å². The number of alkyl halides is 6. The number of rotatable bonds is 11. The summed E-state index contributed by atoms with van der Waals surface area (Å²) in [6.45, 7) is 7.08. The zero-order valence-corrected chi connectivity index (χ0v) is 24.7. The maximum absolute atomic E-state index is 14.9. The molecular weight excluding hydrogens is 536 g/mol. The fourth-order valence-electron chi connectivity index (χ4n) is 7.80. The third-order valence-electron chi connectivity index (χ3n) is 10.0. The molecule has 0 heterocycles. The van der Waals surface area contributed by atoms with Crippen LogP contribution < -0.4 is 0 Å². The van der Waals surface area contributed by atoms with Gasteiger partial charge in [-0.05, 0) is 87.5 Å². The second kappa shape index (κ2) is 12.7. The highest BCUT2D eigenvalue weighted by Crippen LogP contribution is 2.57. The SMILES string of the molecule is CCC(CCc1c(C2(C(F)(F)F)CCCC2)cccc1C1(C(F)(F)F)CCCC1)N(CCc1ccccc1)C(C)C. The fraction of sp³-hybridized carbons (Fsp3) is 0.647. The summed E-state index contributed by atoms with van der Waals surface area (Å²) in [5, 5.41) is 0. The first-order valence-electron chi connectivity index (χ1n) is 15.4. The number of benzene rings is 2. The molecule has 0 aromatic heterocycles. The monoisotopic (exact) mass is 581 g/mol. The van der Waals surface area contributed by atoms with Gasteiger partial charge in [0.2, 0.25) is 0 Å². The second-order valence-electron chi connectivity index (χ2n) is 12.6. The lowest BCUT2D eigenvalue weighted by molar-refractivity contribution is -0.191. The Kier molecular flexibility index (Phi) is 9.87. The van der Waals surface area contributed by atoms with E-state index >= 15 is 0 Å². The molecule has 2 aromatic rings. The maximum Gasteiger partial charge on any atom is 0.398 e. The van der Waals surface area contributed by atoms with Crippen molar-refractivity contribution in [3.63, 3.8) is 0 Å². The lowest BCUT2D eigenvalue weighted by Gasteiger charge is -2.40. The van der Waals surface area contributed by atoms with Crippen molar-refractivity contribution in [1.82, 2.24) is 4.90 Å². The van der Waals surface area contributed by atoms with Crippen molar-refractivity contribution in [2.24, 2.45) is 0 Å². The Hall–Kier alpha value is -2.02. The van der Waals surface area contributed by atoms with E-state index in [1.54, 1.807) is 0 Å². The van der Waals surface area contributed by atoms with Gasteiger partial charge in [-0.1, -0.05) is 81.1 Å². The van der Waals surface area contributed by atoms with Crippen LogP contribution in [0.25, 0.3) is 0 Å². The van der Waals surface area contributed by atoms with Gasteiger partial charge < -0.3 is 0 Å². The average Bonchev–Trinajstić information content (AvgIpc) is 3.62. The molecule has 4 rings (SSSR count). The first-order chi connectivity index (χ1) is 19.4. The Morgan fingerprint density at radius 3 is 1.61 bits per heavy atom. The summed E-state index contributed by atoms with van der Waals surface area (Å²) >= 11 is 0. The Morgan fingerprint density at radius 1 is 0.707 bits per heavy atom. The molecule has 2 fully saturated rings. The van der Waals surface area contributed by atoms with Crippen molar-refractivity contribution < 1.29 is 26.3 Å². The van der Waals surface area contributed by atoms with Gasteiger partial charge in [-0.25, -0.2) is 0 Å². The van der Waals surface area contributed by atoms with Gasteiger partial charge in [0.05, 0.1) is 10.8 Å². The van der Waals surface area contributed by atoms with Crippen molar-refractivity contribution in [2.45, 2.75) is 133 Å². The van der Waals surface area contributed by atoms with Crippen LogP contribution >= 0.6 is 0 Å². The molecule has 1 nitrogen and oxygen atoms in total. The van der Waals surface area contributed by atoms with Crippen LogP contribution in [0.4, 0.5) is 26.3 Å². The molecule has 2 aliphatic carbocycles. The molecule has 2 aromatic carbocycles. The summed E-state index contributed by atoms with van der Waals surface area (Å²) in [5.74, 6) is 0. The van der Waals surface area contributed by atoms with E-state index < -0.39 is 23.2 Å². The Morgan fingerprint density at radius 2 is 1.20 bits per heavy atom. The molecule has 41 heavy (non-hydrogen) atoms. The molecule has 0 amide bonds. The van der Waals surface area contributed by atoms with E-state index in [0.717, 1.165) is 19.4 Å². The van der Waals surface area contributed by atoms with E-state index in [9.17, 15) is 26.3 Å². The molecule has 0 radical (unpaired) electrons. The van der Waals surface area contributed by atoms with E-state index in [-0.39, 0.29) is 55.3 Å². The number of nitrogens with zero attached hydrogens (tertiary/aromatic N) is 1. The molecule has 0 bridgehead atoms. The van der Waals surface area contributed by atoms with Crippen molar-refractivity contribution in [2.75, 3.05) is 6.54 Å². The highest BCUT2D eigenvalue weighted by molar-refractivity contribution is 5.47. The average molecular weight is 582 g/mol. The normalized spacial score (nSPS) is 19.8. The standard InChI is InChI=1S/C34H45F6N/c1-4-27(41(25(2)3)24-19-26-13-6-5-7-14-26)17-18-28-29(31(33(35,36)37)20-8-9-21-31)15-12-16-30(28)32(34(38,39)40)22-10-11-23-32/h5-7,12-16,25,27H,4,8-11,17-24H2,1-3H3. The zero-order valence-electron chi connectivity index (χ0n) is 24.7. The molecule has 7 heteroatoms. The molecule has 2 saturated carbocycles. The third kappa shape index (κ3) is 6.35. The lowest BCUT2D eigenvalue weighted by Crippen LogP contribution is -2.44. The van der Waals surface area contributed by atoms with Crippen LogP contribution in [0, 0.1) is 0 Å². The summed E-state index contributed by atoms with van der Waals surface area (Å²) < 4.78 is 89.1. The molecule has 1 atom stereocenters. The van der Waals surface area contributed by atoms with Crippen molar-refractivity contribution in [1.29, 1.82) is 0 Å². The predicted octanol–water partition coefficient (Wildman–Crippen LogP) is 10.1. The minimum absolute atomic E-state index is 0.0513. The topological polar surface area (TPSA) is 3.24 Å². The van der Waals surface area contributed by atoms with Crippen molar-refractivity contribution in [3.8, 4) is 0 Å². The molecule has 0 saturated heterocycles. The van der Waals surface area contributed by atoms with Crippen LogP contribution in [0.15, 0.2) is 48.5 Å². The zero-order chi connectivity index (χ0) is 29.9. The first-order valence-corrected chi connectivity index (χ1v) is 15.4. The highest BCUT2D eigenvalue weighted by Gasteiger charge is 2.60. The van der Waals surface area contributed by atoms with Crippen LogP contribution in [0.1, 0.15) is 107 Å². The predicted molar refractivity (Wildman–Crippen MR) is 153 cm³/mol.